The molecule has 2 aromatic rings. The Morgan fingerprint density at radius 3 is 2.60 bits per heavy atom. The summed E-state index contributed by atoms with van der Waals surface area (Å²) < 4.78 is 26.6. The second-order valence-electron chi connectivity index (χ2n) is 5.97. The van der Waals surface area contributed by atoms with Crippen LogP contribution in [0.5, 0.6) is 0 Å². The van der Waals surface area contributed by atoms with Gasteiger partial charge in [0, 0.05) is 43.5 Å². The number of carbonyl (C=O) groups is 2. The molecule has 0 spiro atoms. The lowest BCUT2D eigenvalue weighted by atomic mass is 10.1. The first-order chi connectivity index (χ1) is 12.0. The molecule has 0 unspecified atom stereocenters. The first-order valence-electron chi connectivity index (χ1n) is 7.95. The van der Waals surface area contributed by atoms with Crippen molar-refractivity contribution in [1.82, 2.24) is 15.2 Å². The molecule has 1 N–H and O–H groups in total. The van der Waals surface area contributed by atoms with Crippen LogP contribution in [0.2, 0.25) is 0 Å². The summed E-state index contributed by atoms with van der Waals surface area (Å²) >= 11 is 0. The number of hydrogen-bond donors (Lipinski definition) is 1. The van der Waals surface area contributed by atoms with Gasteiger partial charge in [0.25, 0.3) is 5.91 Å². The molecule has 3 rings (SSSR count). The molecule has 0 bridgehead atoms. The van der Waals surface area contributed by atoms with E-state index in [4.69, 9.17) is 0 Å². The van der Waals surface area contributed by atoms with Crippen LogP contribution < -0.4 is 5.32 Å². The quantitative estimate of drug-likeness (QED) is 0.904. The van der Waals surface area contributed by atoms with E-state index < -0.39 is 17.5 Å². The van der Waals surface area contributed by atoms with Crippen molar-refractivity contribution in [3.63, 3.8) is 0 Å². The average Bonchev–Trinajstić information content (AvgIpc) is 3.02. The summed E-state index contributed by atoms with van der Waals surface area (Å²) in [5.41, 5.74) is 0.924. The Morgan fingerprint density at radius 2 is 1.96 bits per heavy atom. The van der Waals surface area contributed by atoms with Gasteiger partial charge in [0.05, 0.1) is 0 Å². The molecule has 1 aliphatic heterocycles. The number of benzene rings is 1. The molecule has 2 amide bonds. The van der Waals surface area contributed by atoms with Crippen molar-refractivity contribution < 1.29 is 18.4 Å². The molecule has 0 saturated carbocycles. The van der Waals surface area contributed by atoms with Gasteiger partial charge in [-0.25, -0.2) is 8.78 Å². The van der Waals surface area contributed by atoms with Crippen LogP contribution in [0.25, 0.3) is 0 Å². The Morgan fingerprint density at radius 1 is 1.20 bits per heavy atom. The van der Waals surface area contributed by atoms with E-state index in [-0.39, 0.29) is 24.1 Å². The minimum Gasteiger partial charge on any atom is -0.352 e. The second kappa shape index (κ2) is 7.38. The van der Waals surface area contributed by atoms with Crippen LogP contribution >= 0.6 is 0 Å². The van der Waals surface area contributed by atoms with E-state index in [0.717, 1.165) is 17.7 Å². The van der Waals surface area contributed by atoms with Gasteiger partial charge in [0.15, 0.2) is 11.6 Å². The van der Waals surface area contributed by atoms with Gasteiger partial charge in [-0.1, -0.05) is 0 Å². The van der Waals surface area contributed by atoms with Gasteiger partial charge in [-0.05, 0) is 42.3 Å². The predicted molar refractivity (Wildman–Crippen MR) is 86.5 cm³/mol. The van der Waals surface area contributed by atoms with E-state index in [0.29, 0.717) is 19.4 Å². The molecule has 1 aromatic carbocycles. The van der Waals surface area contributed by atoms with E-state index in [2.05, 4.69) is 10.3 Å². The third-order valence-corrected chi connectivity index (χ3v) is 4.10. The van der Waals surface area contributed by atoms with Gasteiger partial charge < -0.3 is 10.2 Å². The number of nitrogens with one attached hydrogen (secondary N) is 1. The van der Waals surface area contributed by atoms with Crippen LogP contribution in [0.1, 0.15) is 28.8 Å². The second-order valence-corrected chi connectivity index (χ2v) is 5.97. The first kappa shape index (κ1) is 17.0. The lowest BCUT2D eigenvalue weighted by Gasteiger charge is -2.26. The maximum Gasteiger partial charge on any atom is 0.254 e. The van der Waals surface area contributed by atoms with Gasteiger partial charge >= 0.3 is 0 Å². The zero-order valence-corrected chi connectivity index (χ0v) is 13.4. The molecule has 130 valence electrons. The van der Waals surface area contributed by atoms with Gasteiger partial charge in [-0.15, -0.1) is 0 Å². The minimum atomic E-state index is -1.07. The van der Waals surface area contributed by atoms with Crippen molar-refractivity contribution in [3.8, 4) is 0 Å². The monoisotopic (exact) mass is 345 g/mol. The van der Waals surface area contributed by atoms with Crippen LogP contribution in [-0.4, -0.2) is 34.3 Å². The Balaban J connectivity index is 1.82. The highest BCUT2D eigenvalue weighted by molar-refractivity contribution is 5.94. The van der Waals surface area contributed by atoms with E-state index in [1.165, 1.54) is 11.0 Å². The zero-order chi connectivity index (χ0) is 17.8. The van der Waals surface area contributed by atoms with Crippen molar-refractivity contribution in [3.05, 3.63) is 65.5 Å². The van der Waals surface area contributed by atoms with Crippen LogP contribution in [0.15, 0.2) is 42.7 Å². The van der Waals surface area contributed by atoms with Gasteiger partial charge in [-0.2, -0.15) is 0 Å². The Hall–Kier alpha value is -2.83. The van der Waals surface area contributed by atoms with Crippen molar-refractivity contribution in [2.75, 3.05) is 6.54 Å². The highest BCUT2D eigenvalue weighted by Gasteiger charge is 2.26. The van der Waals surface area contributed by atoms with Crippen LogP contribution in [0.3, 0.4) is 0 Å². The number of aromatic nitrogens is 1. The maximum absolute atomic E-state index is 13.5. The summed E-state index contributed by atoms with van der Waals surface area (Å²) in [5.74, 6) is -2.53. The fourth-order valence-electron chi connectivity index (χ4n) is 2.82. The van der Waals surface area contributed by atoms with E-state index in [9.17, 15) is 18.4 Å². The average molecular weight is 345 g/mol. The summed E-state index contributed by atoms with van der Waals surface area (Å²) in [7, 11) is 0. The molecule has 25 heavy (non-hydrogen) atoms. The fraction of sp³-hybridized carbons (Fsp3) is 0.278. The topological polar surface area (TPSA) is 62.3 Å². The van der Waals surface area contributed by atoms with E-state index in [1.807, 2.05) is 0 Å². The molecule has 7 heteroatoms. The third-order valence-electron chi connectivity index (χ3n) is 4.10. The highest BCUT2D eigenvalue weighted by atomic mass is 19.2. The highest BCUT2D eigenvalue weighted by Crippen LogP contribution is 2.16. The Bertz CT molecular complexity index is 783. The van der Waals surface area contributed by atoms with Crippen molar-refractivity contribution in [1.29, 1.82) is 0 Å². The summed E-state index contributed by atoms with van der Waals surface area (Å²) in [4.78, 5) is 29.7. The SMILES string of the molecule is O=C1CC[C@@H](CN(Cc2ccncc2)C(=O)c2ccc(F)c(F)c2)N1. The van der Waals surface area contributed by atoms with Crippen molar-refractivity contribution in [2.24, 2.45) is 0 Å². The summed E-state index contributed by atoms with van der Waals surface area (Å²) in [6.45, 7) is 0.582. The van der Waals surface area contributed by atoms with E-state index in [1.54, 1.807) is 24.5 Å². The van der Waals surface area contributed by atoms with E-state index >= 15 is 0 Å². The fourth-order valence-corrected chi connectivity index (χ4v) is 2.82. The molecule has 0 radical (unpaired) electrons. The molecule has 1 fully saturated rings. The zero-order valence-electron chi connectivity index (χ0n) is 13.4. The molecule has 0 aliphatic carbocycles. The number of rotatable bonds is 5. The van der Waals surface area contributed by atoms with Crippen molar-refractivity contribution in [2.45, 2.75) is 25.4 Å². The molecule has 2 heterocycles. The lowest BCUT2D eigenvalue weighted by Crippen LogP contribution is -2.41. The summed E-state index contributed by atoms with van der Waals surface area (Å²) in [5, 5.41) is 2.82. The molecule has 1 aromatic heterocycles. The molecule has 5 nitrogen and oxygen atoms in total. The molecule has 1 aliphatic rings. The normalized spacial score (nSPS) is 16.6. The van der Waals surface area contributed by atoms with Crippen LogP contribution in [-0.2, 0) is 11.3 Å². The number of carbonyl (C=O) groups excluding carboxylic acids is 2. The smallest absolute Gasteiger partial charge is 0.254 e. The third kappa shape index (κ3) is 4.17. The van der Waals surface area contributed by atoms with Crippen LogP contribution in [0, 0.1) is 11.6 Å². The Kier molecular flexibility index (Phi) is 5.02. The number of pyridine rings is 1. The molecule has 1 saturated heterocycles. The van der Waals surface area contributed by atoms with Gasteiger partial charge in [0.2, 0.25) is 5.91 Å². The minimum absolute atomic E-state index is 0.0471. The predicted octanol–water partition coefficient (Wildman–Crippen LogP) is 2.28. The number of halogens is 2. The lowest BCUT2D eigenvalue weighted by molar-refractivity contribution is -0.119. The Labute approximate surface area is 143 Å². The number of amides is 2. The standard InChI is InChI=1S/C18H17F2N3O2/c19-15-3-1-13(9-16(15)20)18(25)23(10-12-5-7-21-8-6-12)11-14-2-4-17(24)22-14/h1,3,5-9,14H,2,4,10-11H2,(H,22,24)/t14-/m0/s1. The number of nitrogens with zero attached hydrogens (tertiary/aromatic N) is 2. The van der Waals surface area contributed by atoms with Crippen LogP contribution in [0.4, 0.5) is 8.78 Å². The van der Waals surface area contributed by atoms with Crippen molar-refractivity contribution >= 4 is 11.8 Å². The molecule has 1 atom stereocenters. The maximum atomic E-state index is 13.5. The summed E-state index contributed by atoms with van der Waals surface area (Å²) in [6.07, 6.45) is 4.30. The van der Waals surface area contributed by atoms with Gasteiger partial charge in [0.1, 0.15) is 0 Å². The number of hydrogen-bond acceptors (Lipinski definition) is 3. The summed E-state index contributed by atoms with van der Waals surface area (Å²) in [6, 6.07) is 6.49. The molecular formula is C18H17F2N3O2. The first-order valence-corrected chi connectivity index (χ1v) is 7.95. The molecular weight excluding hydrogens is 328 g/mol. The largest absolute Gasteiger partial charge is 0.352 e. The van der Waals surface area contributed by atoms with Gasteiger partial charge in [-0.3, -0.25) is 14.6 Å².